The molecule has 1 fully saturated rings. The van der Waals surface area contributed by atoms with Crippen LogP contribution in [-0.4, -0.2) is 49.4 Å². The number of anilines is 1. The minimum absolute atomic E-state index is 0.116. The predicted molar refractivity (Wildman–Crippen MR) is 108 cm³/mol. The van der Waals surface area contributed by atoms with Crippen molar-refractivity contribution in [2.24, 2.45) is 0 Å². The number of halogens is 3. The van der Waals surface area contributed by atoms with Crippen LogP contribution in [0.1, 0.15) is 27.0 Å². The van der Waals surface area contributed by atoms with Crippen molar-refractivity contribution in [1.29, 1.82) is 0 Å². The summed E-state index contributed by atoms with van der Waals surface area (Å²) in [7, 11) is 0. The number of nitrogens with one attached hydrogen (secondary N) is 1. The summed E-state index contributed by atoms with van der Waals surface area (Å²) in [6.07, 6.45) is -4.39. The number of benzene rings is 2. The molecular formula is C22H24F3N3O2. The summed E-state index contributed by atoms with van der Waals surface area (Å²) in [6.45, 7) is 5.38. The number of rotatable bonds is 4. The third-order valence-corrected chi connectivity index (χ3v) is 5.34. The molecule has 2 aromatic carbocycles. The summed E-state index contributed by atoms with van der Waals surface area (Å²) in [5.74, 6) is -0.523. The van der Waals surface area contributed by atoms with E-state index < -0.39 is 11.7 Å². The van der Waals surface area contributed by atoms with E-state index in [0.717, 1.165) is 23.3 Å². The lowest BCUT2D eigenvalue weighted by atomic mass is 10.1. The average molecular weight is 419 g/mol. The highest BCUT2D eigenvalue weighted by atomic mass is 19.4. The molecule has 0 aliphatic carbocycles. The number of hydrogen-bond acceptors (Lipinski definition) is 3. The normalized spacial score (nSPS) is 14.6. The largest absolute Gasteiger partial charge is 0.416 e. The van der Waals surface area contributed by atoms with Gasteiger partial charge in [0.1, 0.15) is 0 Å². The van der Waals surface area contributed by atoms with E-state index in [9.17, 15) is 22.8 Å². The minimum atomic E-state index is -4.39. The Bertz CT molecular complexity index is 935. The first-order chi connectivity index (χ1) is 14.1. The Balaban J connectivity index is 1.52. The number of carbonyl (C=O) groups is 2. The Hall–Kier alpha value is -3.03. The second kappa shape index (κ2) is 8.77. The van der Waals surface area contributed by atoms with Crippen LogP contribution in [0.4, 0.5) is 18.9 Å². The highest BCUT2D eigenvalue weighted by Gasteiger charge is 2.31. The quantitative estimate of drug-likeness (QED) is 0.827. The van der Waals surface area contributed by atoms with Crippen molar-refractivity contribution < 1.29 is 22.8 Å². The molecule has 1 aliphatic heterocycles. The second-order valence-electron chi connectivity index (χ2n) is 7.40. The second-order valence-corrected chi connectivity index (χ2v) is 7.40. The van der Waals surface area contributed by atoms with Crippen LogP contribution in [0, 0.1) is 13.8 Å². The van der Waals surface area contributed by atoms with Crippen molar-refractivity contribution in [3.05, 3.63) is 64.7 Å². The molecule has 2 aromatic rings. The smallest absolute Gasteiger partial charge is 0.368 e. The van der Waals surface area contributed by atoms with E-state index in [1.807, 2.05) is 24.8 Å². The summed E-state index contributed by atoms with van der Waals surface area (Å²) in [5.41, 5.74) is 2.38. The van der Waals surface area contributed by atoms with Gasteiger partial charge in [-0.15, -0.1) is 0 Å². The van der Waals surface area contributed by atoms with Crippen molar-refractivity contribution in [3.8, 4) is 0 Å². The number of amides is 2. The first-order valence-corrected chi connectivity index (χ1v) is 9.70. The van der Waals surface area contributed by atoms with Crippen LogP contribution in [0.2, 0.25) is 0 Å². The maximum atomic E-state index is 12.9. The van der Waals surface area contributed by atoms with E-state index in [1.165, 1.54) is 6.07 Å². The van der Waals surface area contributed by atoms with Gasteiger partial charge in [0.15, 0.2) is 0 Å². The van der Waals surface area contributed by atoms with Crippen molar-refractivity contribution >= 4 is 17.5 Å². The zero-order chi connectivity index (χ0) is 21.9. The van der Waals surface area contributed by atoms with Gasteiger partial charge in [-0.05, 0) is 55.3 Å². The van der Waals surface area contributed by atoms with E-state index in [2.05, 4.69) is 5.32 Å². The minimum Gasteiger partial charge on any atom is -0.368 e. The number of nitrogens with zero attached hydrogens (tertiary/aromatic N) is 2. The molecule has 0 unspecified atom stereocenters. The van der Waals surface area contributed by atoms with Crippen LogP contribution < -0.4 is 10.2 Å². The molecule has 1 heterocycles. The van der Waals surface area contributed by atoms with Gasteiger partial charge in [0.25, 0.3) is 5.91 Å². The Morgan fingerprint density at radius 3 is 2.30 bits per heavy atom. The first kappa shape index (κ1) is 21.7. The van der Waals surface area contributed by atoms with Crippen LogP contribution in [0.5, 0.6) is 0 Å². The Kier molecular flexibility index (Phi) is 6.34. The molecule has 0 spiro atoms. The van der Waals surface area contributed by atoms with Gasteiger partial charge >= 0.3 is 6.18 Å². The maximum absolute atomic E-state index is 12.9. The summed E-state index contributed by atoms with van der Waals surface area (Å²) >= 11 is 0. The lowest BCUT2D eigenvalue weighted by Crippen LogP contribution is -2.51. The van der Waals surface area contributed by atoms with Crippen molar-refractivity contribution in [2.45, 2.75) is 20.0 Å². The lowest BCUT2D eigenvalue weighted by molar-refractivity contribution is -0.137. The highest BCUT2D eigenvalue weighted by molar-refractivity contribution is 5.96. The molecule has 30 heavy (non-hydrogen) atoms. The molecule has 2 amide bonds. The Morgan fingerprint density at radius 1 is 0.967 bits per heavy atom. The molecule has 0 radical (unpaired) electrons. The molecule has 0 atom stereocenters. The van der Waals surface area contributed by atoms with Crippen LogP contribution in [0.15, 0.2) is 42.5 Å². The van der Waals surface area contributed by atoms with E-state index in [1.54, 1.807) is 23.1 Å². The third-order valence-electron chi connectivity index (χ3n) is 5.34. The third kappa shape index (κ3) is 5.11. The molecule has 1 N–H and O–H groups in total. The Morgan fingerprint density at radius 2 is 1.67 bits per heavy atom. The molecule has 1 aliphatic rings. The summed E-state index contributed by atoms with van der Waals surface area (Å²) in [5, 5.41) is 2.64. The van der Waals surface area contributed by atoms with Crippen LogP contribution in [0.25, 0.3) is 0 Å². The van der Waals surface area contributed by atoms with Crippen LogP contribution in [-0.2, 0) is 11.0 Å². The number of piperazine rings is 1. The molecule has 3 rings (SSSR count). The summed E-state index contributed by atoms with van der Waals surface area (Å²) < 4.78 is 38.7. The van der Waals surface area contributed by atoms with Crippen molar-refractivity contribution in [2.75, 3.05) is 37.6 Å². The van der Waals surface area contributed by atoms with Gasteiger partial charge in [-0.1, -0.05) is 12.1 Å². The SMILES string of the molecule is Cc1ccc(C(=O)NCC(=O)N2CCN(c3cccc(C(F)(F)F)c3)CC2)cc1C. The molecule has 0 aromatic heterocycles. The van der Waals surface area contributed by atoms with E-state index in [-0.39, 0.29) is 18.4 Å². The van der Waals surface area contributed by atoms with Gasteiger partial charge in [0.05, 0.1) is 12.1 Å². The summed E-state index contributed by atoms with van der Waals surface area (Å²) in [4.78, 5) is 28.1. The molecule has 160 valence electrons. The monoisotopic (exact) mass is 419 g/mol. The number of carbonyl (C=O) groups excluding carboxylic acids is 2. The lowest BCUT2D eigenvalue weighted by Gasteiger charge is -2.36. The molecule has 8 heteroatoms. The molecule has 0 bridgehead atoms. The maximum Gasteiger partial charge on any atom is 0.416 e. The van der Waals surface area contributed by atoms with Crippen molar-refractivity contribution in [3.63, 3.8) is 0 Å². The first-order valence-electron chi connectivity index (χ1n) is 9.70. The average Bonchev–Trinajstić information content (AvgIpc) is 2.73. The fraction of sp³-hybridized carbons (Fsp3) is 0.364. The van der Waals surface area contributed by atoms with Crippen LogP contribution >= 0.6 is 0 Å². The van der Waals surface area contributed by atoms with E-state index >= 15 is 0 Å². The zero-order valence-corrected chi connectivity index (χ0v) is 16.9. The predicted octanol–water partition coefficient (Wildman–Crippen LogP) is 3.40. The number of aryl methyl sites for hydroxylation is 2. The van der Waals surface area contributed by atoms with E-state index in [4.69, 9.17) is 0 Å². The van der Waals surface area contributed by atoms with Crippen molar-refractivity contribution in [1.82, 2.24) is 10.2 Å². The number of hydrogen-bond donors (Lipinski definition) is 1. The fourth-order valence-electron chi connectivity index (χ4n) is 3.35. The van der Waals surface area contributed by atoms with Gasteiger partial charge in [0.2, 0.25) is 5.91 Å². The Labute approximate surface area is 173 Å². The topological polar surface area (TPSA) is 52.7 Å². The van der Waals surface area contributed by atoms with Crippen LogP contribution in [0.3, 0.4) is 0 Å². The molecule has 5 nitrogen and oxygen atoms in total. The van der Waals surface area contributed by atoms with Gasteiger partial charge in [-0.2, -0.15) is 13.2 Å². The van der Waals surface area contributed by atoms with Gasteiger partial charge in [0, 0.05) is 37.4 Å². The summed E-state index contributed by atoms with van der Waals surface area (Å²) in [6, 6.07) is 10.6. The zero-order valence-electron chi connectivity index (χ0n) is 16.9. The van der Waals surface area contributed by atoms with Gasteiger partial charge in [-0.3, -0.25) is 9.59 Å². The van der Waals surface area contributed by atoms with E-state index in [0.29, 0.717) is 37.4 Å². The van der Waals surface area contributed by atoms with Gasteiger partial charge in [-0.25, -0.2) is 0 Å². The highest BCUT2D eigenvalue weighted by Crippen LogP contribution is 2.31. The standard InChI is InChI=1S/C22H24F3N3O2/c1-15-6-7-17(12-16(15)2)21(30)26-14-20(29)28-10-8-27(9-11-28)19-5-3-4-18(13-19)22(23,24)25/h3-7,12-13H,8-11,14H2,1-2H3,(H,26,30). The van der Waals surface area contributed by atoms with Gasteiger partial charge < -0.3 is 15.1 Å². The number of alkyl halides is 3. The fourth-order valence-corrected chi connectivity index (χ4v) is 3.35. The molecule has 1 saturated heterocycles. The molecular weight excluding hydrogens is 395 g/mol. The molecule has 0 saturated carbocycles.